The number of benzene rings is 2. The van der Waals surface area contributed by atoms with E-state index in [0.29, 0.717) is 23.4 Å². The number of carboxylic acid groups (broad SMARTS) is 2. The number of rotatable bonds is 16. The van der Waals surface area contributed by atoms with Crippen LogP contribution in [-0.4, -0.2) is 63.6 Å². The Bertz CT molecular complexity index is 1310. The number of urea groups is 1. The van der Waals surface area contributed by atoms with Crippen molar-refractivity contribution in [2.75, 3.05) is 22.1 Å². The van der Waals surface area contributed by atoms with Crippen LogP contribution in [0.3, 0.4) is 0 Å². The van der Waals surface area contributed by atoms with Crippen LogP contribution in [0.25, 0.3) is 0 Å². The van der Waals surface area contributed by atoms with Gasteiger partial charge in [0.2, 0.25) is 11.8 Å². The monoisotopic (exact) mass is 642 g/mol. The van der Waals surface area contributed by atoms with E-state index >= 15 is 0 Å². The van der Waals surface area contributed by atoms with E-state index in [0.717, 1.165) is 5.56 Å². The van der Waals surface area contributed by atoms with Crippen LogP contribution in [-0.2, 0) is 19.2 Å². The van der Waals surface area contributed by atoms with Crippen LogP contribution >= 0.6 is 11.8 Å². The highest BCUT2D eigenvalue weighted by molar-refractivity contribution is 7.99. The minimum Gasteiger partial charge on any atom is -0.480 e. The molecule has 0 heterocycles. The number of nitrogens with one attached hydrogen (secondary N) is 4. The Morgan fingerprint density at radius 2 is 1.33 bits per heavy atom. The first-order chi connectivity index (χ1) is 21.0. The van der Waals surface area contributed by atoms with Crippen molar-refractivity contribution in [2.45, 2.75) is 78.8 Å². The van der Waals surface area contributed by atoms with Crippen LogP contribution in [0.2, 0.25) is 0 Å². The Morgan fingerprint density at radius 3 is 1.82 bits per heavy atom. The molecular weight excluding hydrogens is 596 g/mol. The van der Waals surface area contributed by atoms with E-state index in [1.165, 1.54) is 11.8 Å². The van der Waals surface area contributed by atoms with Crippen molar-refractivity contribution in [3.8, 4) is 0 Å². The normalized spacial score (nSPS) is 13.3. The van der Waals surface area contributed by atoms with Gasteiger partial charge in [-0.15, -0.1) is 0 Å². The molecule has 45 heavy (non-hydrogen) atoms. The molecule has 12 heteroatoms. The van der Waals surface area contributed by atoms with Gasteiger partial charge in [0.1, 0.15) is 12.1 Å². The summed E-state index contributed by atoms with van der Waals surface area (Å²) in [6.45, 7) is 11.5. The van der Waals surface area contributed by atoms with E-state index in [1.54, 1.807) is 36.4 Å². The molecule has 6 N–H and O–H groups in total. The van der Waals surface area contributed by atoms with E-state index < -0.39 is 41.9 Å². The largest absolute Gasteiger partial charge is 0.480 e. The second kappa shape index (κ2) is 17.4. The second-order valence-electron chi connectivity index (χ2n) is 12.7. The van der Waals surface area contributed by atoms with Crippen molar-refractivity contribution in [3.63, 3.8) is 0 Å². The summed E-state index contributed by atoms with van der Waals surface area (Å²) in [6.07, 6.45) is 0.720. The Morgan fingerprint density at radius 1 is 0.800 bits per heavy atom. The molecule has 2 aromatic rings. The van der Waals surface area contributed by atoms with Gasteiger partial charge in [0, 0.05) is 23.5 Å². The van der Waals surface area contributed by atoms with Crippen LogP contribution in [0, 0.1) is 18.3 Å². The Labute approximate surface area is 269 Å². The quantitative estimate of drug-likeness (QED) is 0.131. The topological polar surface area (TPSA) is 174 Å². The van der Waals surface area contributed by atoms with E-state index in [-0.39, 0.29) is 41.6 Å². The van der Waals surface area contributed by atoms with Gasteiger partial charge < -0.3 is 31.5 Å². The van der Waals surface area contributed by atoms with Gasteiger partial charge in [0.05, 0.1) is 5.92 Å². The van der Waals surface area contributed by atoms with E-state index in [4.69, 9.17) is 0 Å². The molecule has 246 valence electrons. The van der Waals surface area contributed by atoms with Gasteiger partial charge in [-0.2, -0.15) is 11.8 Å². The summed E-state index contributed by atoms with van der Waals surface area (Å²) in [5.74, 6) is -3.32. The Hall–Kier alpha value is -4.06. The number of hydrogen-bond donors (Lipinski definition) is 6. The number of aliphatic carboxylic acids is 2. The van der Waals surface area contributed by atoms with Crippen molar-refractivity contribution in [1.29, 1.82) is 0 Å². The van der Waals surface area contributed by atoms with Crippen LogP contribution in [0.1, 0.15) is 70.9 Å². The molecule has 3 atom stereocenters. The zero-order valence-corrected chi connectivity index (χ0v) is 27.6. The third-order valence-corrected chi connectivity index (χ3v) is 7.77. The van der Waals surface area contributed by atoms with Gasteiger partial charge in [-0.25, -0.2) is 14.4 Å². The number of anilines is 2. The summed E-state index contributed by atoms with van der Waals surface area (Å²) in [7, 11) is 0. The fourth-order valence-corrected chi connectivity index (χ4v) is 5.46. The molecular formula is C33H46N4O7S. The molecule has 0 aliphatic rings. The maximum atomic E-state index is 13.4. The summed E-state index contributed by atoms with van der Waals surface area (Å²) in [5.41, 5.74) is 2.64. The zero-order valence-electron chi connectivity index (χ0n) is 26.8. The molecule has 0 aromatic heterocycles. The Kier molecular flexibility index (Phi) is 14.4. The number of amides is 4. The molecule has 0 saturated heterocycles. The fraction of sp³-hybridized carbons (Fsp3) is 0.485. The SMILES string of the molecule is Cc1ccc(NC(=O)Nc2ccc(C(CC(C)C)C(=O)NC(CCSCC(NC(=O)CC(C)(C)C)C(=O)O)C(=O)O)cc2)cc1. The molecule has 2 aromatic carbocycles. The summed E-state index contributed by atoms with van der Waals surface area (Å²) in [5, 5.41) is 30.0. The number of hydrogen-bond acceptors (Lipinski definition) is 6. The van der Waals surface area contributed by atoms with Gasteiger partial charge in [-0.3, -0.25) is 9.59 Å². The smallest absolute Gasteiger partial charge is 0.327 e. The summed E-state index contributed by atoms with van der Waals surface area (Å²) >= 11 is 1.20. The molecule has 0 saturated carbocycles. The van der Waals surface area contributed by atoms with Crippen LogP contribution in [0.5, 0.6) is 0 Å². The summed E-state index contributed by atoms with van der Waals surface area (Å²) in [4.78, 5) is 61.6. The average molecular weight is 643 g/mol. The van der Waals surface area contributed by atoms with Crippen molar-refractivity contribution < 1.29 is 34.2 Å². The predicted molar refractivity (Wildman–Crippen MR) is 178 cm³/mol. The maximum Gasteiger partial charge on any atom is 0.327 e. The summed E-state index contributed by atoms with van der Waals surface area (Å²) < 4.78 is 0. The highest BCUT2D eigenvalue weighted by atomic mass is 32.2. The molecule has 0 aliphatic heterocycles. The van der Waals surface area contributed by atoms with Gasteiger partial charge in [-0.05, 0) is 66.7 Å². The highest BCUT2D eigenvalue weighted by Gasteiger charge is 2.28. The third-order valence-electron chi connectivity index (χ3n) is 6.68. The molecule has 11 nitrogen and oxygen atoms in total. The van der Waals surface area contributed by atoms with Gasteiger partial charge in [-0.1, -0.05) is 64.4 Å². The van der Waals surface area contributed by atoms with E-state index in [9.17, 15) is 34.2 Å². The van der Waals surface area contributed by atoms with E-state index in [1.807, 2.05) is 53.7 Å². The first-order valence-corrected chi connectivity index (χ1v) is 16.1. The zero-order chi connectivity index (χ0) is 33.7. The van der Waals surface area contributed by atoms with Gasteiger partial charge in [0.25, 0.3) is 0 Å². The standard InChI is InChI=1S/C33H46N4O7S/c1-20(2)17-25(22-9-13-24(14-10-22)35-32(44)34-23-11-7-21(3)8-12-23)29(39)37-26(30(40)41)15-16-45-19-27(31(42)43)36-28(38)18-33(4,5)6/h7-14,20,25-27H,15-19H2,1-6H3,(H,36,38)(H,37,39)(H,40,41)(H,42,43)(H2,34,35,44). The molecule has 0 radical (unpaired) electrons. The lowest BCUT2D eigenvalue weighted by Gasteiger charge is -2.23. The molecule has 4 amide bonds. The second-order valence-corrected chi connectivity index (χ2v) is 13.9. The van der Waals surface area contributed by atoms with Crippen molar-refractivity contribution in [1.82, 2.24) is 10.6 Å². The number of aryl methyl sites for hydroxylation is 1. The molecule has 0 spiro atoms. The first kappa shape index (κ1) is 37.1. The molecule has 2 rings (SSSR count). The maximum absolute atomic E-state index is 13.4. The lowest BCUT2D eigenvalue weighted by Crippen LogP contribution is -2.44. The lowest BCUT2D eigenvalue weighted by molar-refractivity contribution is -0.142. The van der Waals surface area contributed by atoms with Crippen LogP contribution in [0.15, 0.2) is 48.5 Å². The van der Waals surface area contributed by atoms with Gasteiger partial charge >= 0.3 is 18.0 Å². The van der Waals surface area contributed by atoms with Crippen molar-refractivity contribution in [3.05, 3.63) is 59.7 Å². The van der Waals surface area contributed by atoms with Gasteiger partial charge in [0.15, 0.2) is 0 Å². The molecule has 0 fully saturated rings. The number of carboxylic acids is 2. The lowest BCUT2D eigenvalue weighted by atomic mass is 9.89. The average Bonchev–Trinajstić information content (AvgIpc) is 2.93. The minimum absolute atomic E-state index is 0.0604. The molecule has 3 unspecified atom stereocenters. The predicted octanol–water partition coefficient (Wildman–Crippen LogP) is 5.47. The fourth-order valence-electron chi connectivity index (χ4n) is 4.43. The summed E-state index contributed by atoms with van der Waals surface area (Å²) in [6, 6.07) is 11.5. The molecule has 0 aliphatic carbocycles. The minimum atomic E-state index is -1.19. The number of thioether (sulfide) groups is 1. The third kappa shape index (κ3) is 14.1. The Balaban J connectivity index is 1.98. The van der Waals surface area contributed by atoms with Crippen molar-refractivity contribution in [2.24, 2.45) is 11.3 Å². The van der Waals surface area contributed by atoms with Crippen LogP contribution < -0.4 is 21.3 Å². The molecule has 0 bridgehead atoms. The van der Waals surface area contributed by atoms with Crippen LogP contribution in [0.4, 0.5) is 16.2 Å². The highest BCUT2D eigenvalue weighted by Crippen LogP contribution is 2.26. The first-order valence-electron chi connectivity index (χ1n) is 14.9. The van der Waals surface area contributed by atoms with Crippen molar-refractivity contribution >= 4 is 52.9 Å². The number of carbonyl (C=O) groups excluding carboxylic acids is 3. The number of carbonyl (C=O) groups is 5. The van der Waals surface area contributed by atoms with E-state index in [2.05, 4.69) is 21.3 Å².